The standard InChI is InChI=1S/C15H27N3O5/c1-4-17(9-14(19)20)11-5-10(6-11)16-15(21)18-7-12(22-2)13(8-18)23-3/h10-13H,4-9H2,1-3H3,(H,16,21)(H,19,20). The van der Waals surface area contributed by atoms with Crippen molar-refractivity contribution in [3.63, 3.8) is 0 Å². The maximum absolute atomic E-state index is 12.3. The topological polar surface area (TPSA) is 91.3 Å². The number of hydrogen-bond acceptors (Lipinski definition) is 5. The van der Waals surface area contributed by atoms with E-state index in [9.17, 15) is 9.59 Å². The number of amides is 2. The zero-order valence-corrected chi connectivity index (χ0v) is 14.0. The maximum Gasteiger partial charge on any atom is 0.317 e. The van der Waals surface area contributed by atoms with Crippen molar-refractivity contribution in [1.29, 1.82) is 0 Å². The zero-order chi connectivity index (χ0) is 17.0. The summed E-state index contributed by atoms with van der Waals surface area (Å²) in [6.45, 7) is 3.76. The van der Waals surface area contributed by atoms with Gasteiger partial charge in [0.1, 0.15) is 12.2 Å². The lowest BCUT2D eigenvalue weighted by Gasteiger charge is -2.42. The molecule has 2 aliphatic rings. The van der Waals surface area contributed by atoms with E-state index in [1.54, 1.807) is 19.1 Å². The van der Waals surface area contributed by atoms with Gasteiger partial charge in [0.15, 0.2) is 0 Å². The minimum Gasteiger partial charge on any atom is -0.480 e. The fourth-order valence-electron chi connectivity index (χ4n) is 3.31. The quantitative estimate of drug-likeness (QED) is 0.682. The highest BCUT2D eigenvalue weighted by atomic mass is 16.5. The van der Waals surface area contributed by atoms with E-state index in [-0.39, 0.29) is 36.9 Å². The number of likely N-dealkylation sites (tertiary alicyclic amines) is 1. The predicted molar refractivity (Wildman–Crippen MR) is 83.4 cm³/mol. The van der Waals surface area contributed by atoms with Crippen LogP contribution in [0.15, 0.2) is 0 Å². The lowest BCUT2D eigenvalue weighted by atomic mass is 9.85. The number of ether oxygens (including phenoxy) is 2. The second-order valence-electron chi connectivity index (χ2n) is 6.18. The van der Waals surface area contributed by atoms with Gasteiger partial charge in [-0.05, 0) is 19.4 Å². The van der Waals surface area contributed by atoms with E-state index in [0.29, 0.717) is 19.6 Å². The Labute approximate surface area is 136 Å². The Balaban J connectivity index is 1.75. The van der Waals surface area contributed by atoms with E-state index in [4.69, 9.17) is 14.6 Å². The van der Waals surface area contributed by atoms with Crippen LogP contribution in [0.2, 0.25) is 0 Å². The van der Waals surface area contributed by atoms with Crippen molar-refractivity contribution < 1.29 is 24.2 Å². The number of nitrogens with one attached hydrogen (secondary N) is 1. The summed E-state index contributed by atoms with van der Waals surface area (Å²) < 4.78 is 10.7. The molecule has 1 saturated carbocycles. The summed E-state index contributed by atoms with van der Waals surface area (Å²) in [4.78, 5) is 26.8. The van der Waals surface area contributed by atoms with Gasteiger partial charge in [0, 0.05) is 26.3 Å². The zero-order valence-electron chi connectivity index (χ0n) is 14.0. The van der Waals surface area contributed by atoms with Crippen LogP contribution in [0.1, 0.15) is 19.8 Å². The molecule has 0 aromatic heterocycles. The Morgan fingerprint density at radius 1 is 1.22 bits per heavy atom. The summed E-state index contributed by atoms with van der Waals surface area (Å²) in [6.07, 6.45) is 1.40. The lowest BCUT2D eigenvalue weighted by Crippen LogP contribution is -2.56. The van der Waals surface area contributed by atoms with Crippen LogP contribution in [-0.4, -0.2) is 91.6 Å². The van der Waals surface area contributed by atoms with E-state index >= 15 is 0 Å². The third-order valence-corrected chi connectivity index (χ3v) is 4.81. The molecule has 0 radical (unpaired) electrons. The summed E-state index contributed by atoms with van der Waals surface area (Å²) in [5, 5.41) is 11.9. The first-order valence-corrected chi connectivity index (χ1v) is 8.05. The van der Waals surface area contributed by atoms with Crippen LogP contribution in [0.25, 0.3) is 0 Å². The highest BCUT2D eigenvalue weighted by Crippen LogP contribution is 2.26. The number of likely N-dealkylation sites (N-methyl/N-ethyl adjacent to an activating group) is 1. The van der Waals surface area contributed by atoms with Crippen molar-refractivity contribution in [1.82, 2.24) is 15.1 Å². The number of urea groups is 1. The number of carbonyl (C=O) groups excluding carboxylic acids is 1. The van der Waals surface area contributed by atoms with Gasteiger partial charge in [0.05, 0.1) is 19.6 Å². The number of nitrogens with zero attached hydrogens (tertiary/aromatic N) is 2. The number of carboxylic acid groups (broad SMARTS) is 1. The van der Waals surface area contributed by atoms with Crippen molar-refractivity contribution in [2.45, 2.75) is 44.1 Å². The van der Waals surface area contributed by atoms with Crippen molar-refractivity contribution in [3.8, 4) is 0 Å². The number of carbonyl (C=O) groups is 2. The molecule has 2 rings (SSSR count). The highest BCUT2D eigenvalue weighted by molar-refractivity contribution is 5.75. The minimum absolute atomic E-state index is 0.0546. The van der Waals surface area contributed by atoms with Crippen molar-refractivity contribution >= 4 is 12.0 Å². The first-order chi connectivity index (χ1) is 11.0. The summed E-state index contributed by atoms with van der Waals surface area (Å²) in [7, 11) is 3.24. The second kappa shape index (κ2) is 7.94. The third-order valence-electron chi connectivity index (χ3n) is 4.81. The van der Waals surface area contributed by atoms with Gasteiger partial charge in [-0.1, -0.05) is 6.92 Å². The molecule has 2 amide bonds. The van der Waals surface area contributed by atoms with Crippen LogP contribution in [0.3, 0.4) is 0 Å². The molecule has 0 bridgehead atoms. The molecule has 1 aliphatic carbocycles. The molecule has 0 aromatic rings. The van der Waals surface area contributed by atoms with E-state index in [2.05, 4.69) is 5.32 Å². The highest BCUT2D eigenvalue weighted by Gasteiger charge is 2.39. The van der Waals surface area contributed by atoms with Crippen LogP contribution in [0.4, 0.5) is 4.79 Å². The van der Waals surface area contributed by atoms with Crippen molar-refractivity contribution in [2.75, 3.05) is 40.4 Å². The van der Waals surface area contributed by atoms with Gasteiger partial charge in [-0.15, -0.1) is 0 Å². The molecule has 8 nitrogen and oxygen atoms in total. The third kappa shape index (κ3) is 4.33. The summed E-state index contributed by atoms with van der Waals surface area (Å²) in [5.41, 5.74) is 0. The molecule has 8 heteroatoms. The van der Waals surface area contributed by atoms with Crippen molar-refractivity contribution in [2.24, 2.45) is 0 Å². The Morgan fingerprint density at radius 3 is 2.22 bits per heavy atom. The van der Waals surface area contributed by atoms with Crippen LogP contribution in [-0.2, 0) is 14.3 Å². The smallest absolute Gasteiger partial charge is 0.317 e. The van der Waals surface area contributed by atoms with Gasteiger partial charge in [-0.2, -0.15) is 0 Å². The second-order valence-corrected chi connectivity index (χ2v) is 6.18. The molecule has 132 valence electrons. The van der Waals surface area contributed by atoms with Gasteiger partial charge >= 0.3 is 12.0 Å². The molecular formula is C15H27N3O5. The van der Waals surface area contributed by atoms with Gasteiger partial charge in [-0.3, -0.25) is 9.69 Å². The van der Waals surface area contributed by atoms with E-state index < -0.39 is 5.97 Å². The summed E-state index contributed by atoms with van der Waals surface area (Å²) in [6, 6.07) is 0.243. The number of aliphatic carboxylic acids is 1. The van der Waals surface area contributed by atoms with Crippen LogP contribution < -0.4 is 5.32 Å². The predicted octanol–water partition coefficient (Wildman–Crippen LogP) is -0.0209. The average molecular weight is 329 g/mol. The molecule has 1 saturated heterocycles. The maximum atomic E-state index is 12.3. The largest absolute Gasteiger partial charge is 0.480 e. The number of carboxylic acids is 1. The first-order valence-electron chi connectivity index (χ1n) is 8.05. The Bertz CT molecular complexity index is 415. The number of hydrogen-bond donors (Lipinski definition) is 2. The summed E-state index contributed by atoms with van der Waals surface area (Å²) in [5.74, 6) is -0.812. The lowest BCUT2D eigenvalue weighted by molar-refractivity contribution is -0.139. The van der Waals surface area contributed by atoms with Crippen molar-refractivity contribution in [3.05, 3.63) is 0 Å². The molecule has 0 aromatic carbocycles. The number of methoxy groups -OCH3 is 2. The van der Waals surface area contributed by atoms with Crippen LogP contribution in [0, 0.1) is 0 Å². The molecule has 1 heterocycles. The molecule has 2 N–H and O–H groups in total. The Morgan fingerprint density at radius 2 is 1.78 bits per heavy atom. The van der Waals surface area contributed by atoms with Crippen LogP contribution >= 0.6 is 0 Å². The SMILES string of the molecule is CCN(CC(=O)O)C1CC(NC(=O)N2CC(OC)C(OC)C2)C1. The van der Waals surface area contributed by atoms with Gasteiger partial charge in [0.25, 0.3) is 0 Å². The number of rotatable bonds is 7. The Hall–Kier alpha value is -1.38. The fraction of sp³-hybridized carbons (Fsp3) is 0.867. The molecule has 1 aliphatic heterocycles. The molecule has 23 heavy (non-hydrogen) atoms. The average Bonchev–Trinajstić information content (AvgIpc) is 2.91. The molecule has 2 fully saturated rings. The van der Waals surface area contributed by atoms with Crippen LogP contribution in [0.5, 0.6) is 0 Å². The molecule has 2 atom stereocenters. The summed E-state index contributed by atoms with van der Waals surface area (Å²) >= 11 is 0. The van der Waals surface area contributed by atoms with E-state index in [1.165, 1.54) is 0 Å². The molecular weight excluding hydrogens is 302 g/mol. The van der Waals surface area contributed by atoms with E-state index in [0.717, 1.165) is 12.8 Å². The van der Waals surface area contributed by atoms with Gasteiger partial charge in [-0.25, -0.2) is 4.79 Å². The monoisotopic (exact) mass is 329 g/mol. The molecule has 0 spiro atoms. The first kappa shape index (κ1) is 18.0. The molecule has 2 unspecified atom stereocenters. The Kier molecular flexibility index (Phi) is 6.20. The minimum atomic E-state index is -0.812. The van der Waals surface area contributed by atoms with E-state index in [1.807, 2.05) is 11.8 Å². The van der Waals surface area contributed by atoms with Gasteiger partial charge < -0.3 is 24.8 Å². The normalized spacial score (nSPS) is 30.3. The fourth-order valence-corrected chi connectivity index (χ4v) is 3.31. The van der Waals surface area contributed by atoms with Gasteiger partial charge in [0.2, 0.25) is 0 Å².